The van der Waals surface area contributed by atoms with Gasteiger partial charge in [0, 0.05) is 12.8 Å². The van der Waals surface area contributed by atoms with E-state index in [1.54, 1.807) is 72.8 Å². The summed E-state index contributed by atoms with van der Waals surface area (Å²) in [4.78, 5) is 33.5. The van der Waals surface area contributed by atoms with Crippen LogP contribution in [0.25, 0.3) is 0 Å². The number of carbonyl (C=O) groups is 2. The number of nitrogens with zero attached hydrogens (tertiary/aromatic N) is 8. The highest BCUT2D eigenvalue weighted by Gasteiger charge is 2.24. The Hall–Kier alpha value is -6.66. The standard InChI is InChI=1S/2C19H15FN4O/c2*20-17-8-3-14(4-9-17)5-10-18(25)19(24-13-22-12-23-24)16-6-1-15(11-21)2-7-16/h2*1-4,6-9,12-13,19H,5,10H2. The first-order valence-electron chi connectivity index (χ1n) is 15.6. The number of carbonyl (C=O) groups excluding carboxylic acids is 2. The lowest BCUT2D eigenvalue weighted by Gasteiger charge is -2.16. The van der Waals surface area contributed by atoms with Crippen LogP contribution in [0.1, 0.15) is 58.3 Å². The molecule has 0 radical (unpaired) electrons. The molecule has 4 aromatic carbocycles. The Morgan fingerprint density at radius 3 is 1.24 bits per heavy atom. The van der Waals surface area contributed by atoms with E-state index in [-0.39, 0.29) is 36.0 Å². The molecule has 248 valence electrons. The zero-order chi connectivity index (χ0) is 35.3. The summed E-state index contributed by atoms with van der Waals surface area (Å²) >= 11 is 0. The molecular formula is C38H30F2N8O2. The number of hydrogen-bond donors (Lipinski definition) is 0. The zero-order valence-electron chi connectivity index (χ0n) is 26.7. The van der Waals surface area contributed by atoms with Crippen LogP contribution in [0, 0.1) is 34.3 Å². The monoisotopic (exact) mass is 668 g/mol. The highest BCUT2D eigenvalue weighted by Crippen LogP contribution is 2.23. The summed E-state index contributed by atoms with van der Waals surface area (Å²) in [5.74, 6) is -0.652. The number of aryl methyl sites for hydroxylation is 2. The lowest BCUT2D eigenvalue weighted by atomic mass is 9.97. The van der Waals surface area contributed by atoms with Crippen LogP contribution >= 0.6 is 0 Å². The predicted molar refractivity (Wildman–Crippen MR) is 178 cm³/mol. The Kier molecular flexibility index (Phi) is 11.8. The van der Waals surface area contributed by atoms with Gasteiger partial charge in [-0.1, -0.05) is 48.5 Å². The highest BCUT2D eigenvalue weighted by molar-refractivity contribution is 5.86. The minimum absolute atomic E-state index is 0.0282. The second-order valence-corrected chi connectivity index (χ2v) is 11.2. The average molecular weight is 669 g/mol. The molecule has 0 spiro atoms. The quantitative estimate of drug-likeness (QED) is 0.151. The van der Waals surface area contributed by atoms with E-state index in [4.69, 9.17) is 10.5 Å². The third kappa shape index (κ3) is 9.24. The topological polar surface area (TPSA) is 143 Å². The predicted octanol–water partition coefficient (Wildman–Crippen LogP) is 6.16. The number of Topliss-reactive ketones (excluding diaryl/α,β-unsaturated/α-hetero) is 2. The van der Waals surface area contributed by atoms with Crippen molar-refractivity contribution in [2.24, 2.45) is 0 Å². The van der Waals surface area contributed by atoms with Crippen molar-refractivity contribution >= 4 is 11.6 Å². The van der Waals surface area contributed by atoms with Gasteiger partial charge in [-0.3, -0.25) is 9.59 Å². The van der Waals surface area contributed by atoms with Crippen LogP contribution < -0.4 is 0 Å². The Labute approximate surface area is 286 Å². The molecule has 10 nitrogen and oxygen atoms in total. The van der Waals surface area contributed by atoms with Crippen molar-refractivity contribution in [2.75, 3.05) is 0 Å². The SMILES string of the molecule is N#Cc1ccc(C(C(=O)CCc2ccc(F)cc2)n2cncn2)cc1.N#Cc1ccc(C(C(=O)CCc2ccc(F)cc2)n2cncn2)cc1. The maximum absolute atomic E-state index is 13.0. The van der Waals surface area contributed by atoms with E-state index in [2.05, 4.69) is 32.3 Å². The van der Waals surface area contributed by atoms with Gasteiger partial charge in [0.05, 0.1) is 23.3 Å². The van der Waals surface area contributed by atoms with Crippen LogP contribution in [0.4, 0.5) is 8.78 Å². The number of nitriles is 2. The molecule has 2 unspecified atom stereocenters. The molecular weight excluding hydrogens is 638 g/mol. The maximum Gasteiger partial charge on any atom is 0.162 e. The number of benzene rings is 4. The molecule has 6 rings (SSSR count). The molecule has 0 aliphatic heterocycles. The van der Waals surface area contributed by atoms with E-state index >= 15 is 0 Å². The van der Waals surface area contributed by atoms with Crippen LogP contribution in [-0.4, -0.2) is 41.1 Å². The Balaban J connectivity index is 0.000000194. The smallest absolute Gasteiger partial charge is 0.162 e. The molecule has 12 heteroatoms. The summed E-state index contributed by atoms with van der Waals surface area (Å²) < 4.78 is 29.0. The fourth-order valence-electron chi connectivity index (χ4n) is 5.26. The summed E-state index contributed by atoms with van der Waals surface area (Å²) in [5, 5.41) is 26.0. The number of hydrogen-bond acceptors (Lipinski definition) is 8. The van der Waals surface area contributed by atoms with Crippen LogP contribution in [0.3, 0.4) is 0 Å². The normalized spacial score (nSPS) is 11.7. The second kappa shape index (κ2) is 16.9. The largest absolute Gasteiger partial charge is 0.297 e. The molecule has 0 aliphatic carbocycles. The number of ketones is 2. The molecule has 50 heavy (non-hydrogen) atoms. The molecule has 2 aromatic heterocycles. The first-order chi connectivity index (χ1) is 24.3. The Morgan fingerprint density at radius 2 is 0.940 bits per heavy atom. The van der Waals surface area contributed by atoms with Gasteiger partial charge in [0.1, 0.15) is 49.0 Å². The van der Waals surface area contributed by atoms with Gasteiger partial charge in [-0.05, 0) is 83.6 Å². The molecule has 0 aliphatic rings. The summed E-state index contributed by atoms with van der Waals surface area (Å²) in [5.41, 5.74) is 4.33. The highest BCUT2D eigenvalue weighted by atomic mass is 19.1. The summed E-state index contributed by atoms with van der Waals surface area (Å²) in [6, 6.07) is 28.8. The van der Waals surface area contributed by atoms with Gasteiger partial charge in [0.25, 0.3) is 0 Å². The van der Waals surface area contributed by atoms with Crippen molar-refractivity contribution < 1.29 is 18.4 Å². The van der Waals surface area contributed by atoms with Crippen molar-refractivity contribution in [3.63, 3.8) is 0 Å². The third-order valence-corrected chi connectivity index (χ3v) is 7.87. The molecule has 6 aromatic rings. The summed E-state index contributed by atoms with van der Waals surface area (Å²) in [6.45, 7) is 0. The molecule has 2 heterocycles. The fraction of sp³-hybridized carbons (Fsp3) is 0.158. The molecule has 0 amide bonds. The van der Waals surface area contributed by atoms with E-state index in [1.165, 1.54) is 58.9 Å². The number of aromatic nitrogens is 6. The summed E-state index contributed by atoms with van der Waals surface area (Å²) in [7, 11) is 0. The lowest BCUT2D eigenvalue weighted by Crippen LogP contribution is -2.22. The Bertz CT molecular complexity index is 1910. The molecule has 0 N–H and O–H groups in total. The zero-order valence-corrected chi connectivity index (χ0v) is 26.7. The number of rotatable bonds is 12. The lowest BCUT2D eigenvalue weighted by molar-refractivity contribution is -0.122. The Morgan fingerprint density at radius 1 is 0.580 bits per heavy atom. The first-order valence-corrected chi connectivity index (χ1v) is 15.6. The van der Waals surface area contributed by atoms with Crippen LogP contribution in [0.5, 0.6) is 0 Å². The van der Waals surface area contributed by atoms with E-state index in [1.807, 2.05) is 0 Å². The van der Waals surface area contributed by atoms with E-state index in [0.29, 0.717) is 24.0 Å². The average Bonchev–Trinajstić information content (AvgIpc) is 3.88. The second-order valence-electron chi connectivity index (χ2n) is 11.2. The molecule has 0 fully saturated rings. The van der Waals surface area contributed by atoms with Crippen molar-refractivity contribution in [3.05, 3.63) is 167 Å². The number of halogens is 2. The third-order valence-electron chi connectivity index (χ3n) is 7.87. The van der Waals surface area contributed by atoms with Gasteiger partial charge in [-0.15, -0.1) is 0 Å². The van der Waals surface area contributed by atoms with Crippen molar-refractivity contribution in [1.82, 2.24) is 29.5 Å². The first kappa shape index (κ1) is 34.7. The van der Waals surface area contributed by atoms with Crippen molar-refractivity contribution in [3.8, 4) is 12.1 Å². The van der Waals surface area contributed by atoms with Gasteiger partial charge < -0.3 is 0 Å². The molecule has 2 atom stereocenters. The van der Waals surface area contributed by atoms with Crippen molar-refractivity contribution in [1.29, 1.82) is 10.5 Å². The minimum Gasteiger partial charge on any atom is -0.297 e. The van der Waals surface area contributed by atoms with Crippen molar-refractivity contribution in [2.45, 2.75) is 37.8 Å². The fourth-order valence-corrected chi connectivity index (χ4v) is 5.26. The molecule has 0 saturated heterocycles. The minimum atomic E-state index is -0.601. The van der Waals surface area contributed by atoms with Gasteiger partial charge in [0.2, 0.25) is 0 Å². The van der Waals surface area contributed by atoms with Crippen LogP contribution in [0.2, 0.25) is 0 Å². The van der Waals surface area contributed by atoms with Gasteiger partial charge in [-0.25, -0.2) is 28.1 Å². The molecule has 0 saturated carbocycles. The van der Waals surface area contributed by atoms with Crippen LogP contribution in [0.15, 0.2) is 122 Å². The molecule has 0 bridgehead atoms. The van der Waals surface area contributed by atoms with E-state index in [0.717, 1.165) is 22.3 Å². The van der Waals surface area contributed by atoms with Gasteiger partial charge >= 0.3 is 0 Å². The van der Waals surface area contributed by atoms with E-state index in [9.17, 15) is 18.4 Å². The summed E-state index contributed by atoms with van der Waals surface area (Å²) in [6.07, 6.45) is 7.36. The van der Waals surface area contributed by atoms with Gasteiger partial charge in [-0.2, -0.15) is 20.7 Å². The maximum atomic E-state index is 13.0. The van der Waals surface area contributed by atoms with E-state index < -0.39 is 12.1 Å². The van der Waals surface area contributed by atoms with Gasteiger partial charge in [0.15, 0.2) is 11.6 Å². The van der Waals surface area contributed by atoms with Crippen LogP contribution in [-0.2, 0) is 22.4 Å².